The van der Waals surface area contributed by atoms with Crippen molar-refractivity contribution in [2.24, 2.45) is 7.05 Å². The van der Waals surface area contributed by atoms with Crippen molar-refractivity contribution in [3.63, 3.8) is 0 Å². The summed E-state index contributed by atoms with van der Waals surface area (Å²) in [6.07, 6.45) is 3.98. The fraction of sp³-hybridized carbons (Fsp3) is 0.429. The van der Waals surface area contributed by atoms with Crippen LogP contribution in [0.5, 0.6) is 17.4 Å². The molecule has 0 aliphatic carbocycles. The highest BCUT2D eigenvalue weighted by atomic mass is 16.7. The molecule has 0 saturated heterocycles. The number of carbonyl (C=O) groups is 1. The molecular formula is C28H33N3O5. The average molecular weight is 492 g/mol. The molecule has 2 aliphatic heterocycles. The first-order valence-electron chi connectivity index (χ1n) is 12.7. The van der Waals surface area contributed by atoms with Crippen molar-refractivity contribution in [3.05, 3.63) is 64.8 Å². The number of hydrogen-bond acceptors (Lipinski definition) is 7. The lowest BCUT2D eigenvalue weighted by atomic mass is 9.91. The largest absolute Gasteiger partial charge is 0.477 e. The number of esters is 1. The molecule has 0 radical (unpaired) electrons. The molecule has 8 heteroatoms. The van der Waals surface area contributed by atoms with E-state index in [0.717, 1.165) is 36.4 Å². The quantitative estimate of drug-likeness (QED) is 0.421. The summed E-state index contributed by atoms with van der Waals surface area (Å²) in [5.41, 5.74) is 5.74. The Kier molecular flexibility index (Phi) is 7.30. The van der Waals surface area contributed by atoms with E-state index in [1.54, 1.807) is 4.68 Å². The zero-order valence-electron chi connectivity index (χ0n) is 20.9. The van der Waals surface area contributed by atoms with Crippen molar-refractivity contribution in [2.45, 2.75) is 44.9 Å². The van der Waals surface area contributed by atoms with Crippen LogP contribution in [-0.2, 0) is 35.8 Å². The first-order chi connectivity index (χ1) is 17.6. The molecule has 36 heavy (non-hydrogen) atoms. The van der Waals surface area contributed by atoms with Gasteiger partial charge in [-0.1, -0.05) is 18.2 Å². The Morgan fingerprint density at radius 2 is 2.06 bits per heavy atom. The highest BCUT2D eigenvalue weighted by molar-refractivity contribution is 5.70. The van der Waals surface area contributed by atoms with Crippen LogP contribution in [0, 0.1) is 0 Å². The van der Waals surface area contributed by atoms with Crippen molar-refractivity contribution in [1.82, 2.24) is 9.78 Å². The first-order valence-corrected chi connectivity index (χ1v) is 12.7. The Bertz CT molecular complexity index is 1220. The summed E-state index contributed by atoms with van der Waals surface area (Å²) in [7, 11) is 1.88. The molecule has 0 bridgehead atoms. The number of anilines is 1. The van der Waals surface area contributed by atoms with E-state index in [1.165, 1.54) is 23.2 Å². The molecule has 2 aliphatic rings. The summed E-state index contributed by atoms with van der Waals surface area (Å²) in [5.74, 6) is 1.79. The summed E-state index contributed by atoms with van der Waals surface area (Å²) in [6.45, 7) is 3.98. The van der Waals surface area contributed by atoms with Gasteiger partial charge < -0.3 is 24.3 Å². The standard InChI is InChI=1S/C28H33N3O5/c1-3-33-28(32)16-22(21-8-9-25-26(15-21)36-18-35-25)14-23-17-27(31(2)30-23)34-12-10-19-6-7-20-5-4-11-29-24(20)13-19/h6-9,13,15,17,22,29H,3-5,10-12,14,16,18H2,1-2H3. The van der Waals surface area contributed by atoms with Crippen LogP contribution in [0.25, 0.3) is 0 Å². The van der Waals surface area contributed by atoms with Gasteiger partial charge in [0, 0.05) is 37.7 Å². The third-order valence-corrected chi connectivity index (χ3v) is 6.68. The molecule has 1 aromatic heterocycles. The highest BCUT2D eigenvalue weighted by Gasteiger charge is 2.23. The fourth-order valence-corrected chi connectivity index (χ4v) is 4.83. The number of nitrogens with zero attached hydrogens (tertiary/aromatic N) is 2. The maximum atomic E-state index is 12.4. The molecule has 1 atom stereocenters. The van der Waals surface area contributed by atoms with Gasteiger partial charge in [-0.05, 0) is 61.1 Å². The summed E-state index contributed by atoms with van der Waals surface area (Å²) < 4.78 is 24.1. The monoisotopic (exact) mass is 491 g/mol. The molecule has 1 unspecified atom stereocenters. The number of benzene rings is 2. The van der Waals surface area contributed by atoms with E-state index in [0.29, 0.717) is 31.3 Å². The lowest BCUT2D eigenvalue weighted by molar-refractivity contribution is -0.143. The molecule has 3 heterocycles. The topological polar surface area (TPSA) is 83.8 Å². The number of fused-ring (bicyclic) bond motifs is 2. The second-order valence-corrected chi connectivity index (χ2v) is 9.24. The molecule has 2 aromatic carbocycles. The van der Waals surface area contributed by atoms with Crippen LogP contribution < -0.4 is 19.5 Å². The Hall–Kier alpha value is -3.68. The van der Waals surface area contributed by atoms with Crippen LogP contribution in [0.1, 0.15) is 48.1 Å². The summed E-state index contributed by atoms with van der Waals surface area (Å²) in [6, 6.07) is 14.4. The Balaban J connectivity index is 1.24. The van der Waals surface area contributed by atoms with Crippen LogP contribution >= 0.6 is 0 Å². The molecule has 0 fully saturated rings. The number of rotatable bonds is 10. The molecule has 190 valence electrons. The predicted molar refractivity (Wildman–Crippen MR) is 136 cm³/mol. The van der Waals surface area contributed by atoms with Crippen LogP contribution in [0.3, 0.4) is 0 Å². The van der Waals surface area contributed by atoms with Crippen LogP contribution in [0.15, 0.2) is 42.5 Å². The smallest absolute Gasteiger partial charge is 0.306 e. The zero-order valence-corrected chi connectivity index (χ0v) is 20.9. The van der Waals surface area contributed by atoms with Gasteiger partial charge in [0.1, 0.15) is 0 Å². The minimum atomic E-state index is -0.230. The van der Waals surface area contributed by atoms with E-state index in [-0.39, 0.29) is 25.1 Å². The van der Waals surface area contributed by atoms with E-state index in [4.69, 9.17) is 18.9 Å². The first kappa shape index (κ1) is 24.0. The maximum absolute atomic E-state index is 12.4. The fourth-order valence-electron chi connectivity index (χ4n) is 4.83. The summed E-state index contributed by atoms with van der Waals surface area (Å²) in [5, 5.41) is 8.15. The number of aromatic nitrogens is 2. The Labute approximate surface area is 211 Å². The zero-order chi connectivity index (χ0) is 24.9. The van der Waals surface area contributed by atoms with Crippen LogP contribution in [0.2, 0.25) is 0 Å². The third kappa shape index (κ3) is 5.58. The van der Waals surface area contributed by atoms with Crippen molar-refractivity contribution in [3.8, 4) is 17.4 Å². The molecule has 0 spiro atoms. The van der Waals surface area contributed by atoms with Crippen molar-refractivity contribution < 1.29 is 23.7 Å². The van der Waals surface area contributed by atoms with Gasteiger partial charge in [0.2, 0.25) is 12.7 Å². The molecule has 0 amide bonds. The number of hydrogen-bond donors (Lipinski definition) is 1. The van der Waals surface area contributed by atoms with Gasteiger partial charge >= 0.3 is 5.97 Å². The number of carbonyl (C=O) groups excluding carboxylic acids is 1. The van der Waals surface area contributed by atoms with Crippen molar-refractivity contribution in [2.75, 3.05) is 31.9 Å². The van der Waals surface area contributed by atoms with Gasteiger partial charge in [0.05, 0.1) is 25.3 Å². The lowest BCUT2D eigenvalue weighted by Gasteiger charge is -2.18. The van der Waals surface area contributed by atoms with Crippen LogP contribution in [0.4, 0.5) is 5.69 Å². The number of nitrogens with one attached hydrogen (secondary N) is 1. The SMILES string of the molecule is CCOC(=O)CC(Cc1cc(OCCc2ccc3c(c2)NCCC3)n(C)n1)c1ccc2c(c1)OCO2. The number of ether oxygens (including phenoxy) is 4. The lowest BCUT2D eigenvalue weighted by Crippen LogP contribution is -2.13. The highest BCUT2D eigenvalue weighted by Crippen LogP contribution is 2.36. The van der Waals surface area contributed by atoms with Gasteiger partial charge in [-0.25, -0.2) is 4.68 Å². The molecule has 1 N–H and O–H groups in total. The summed E-state index contributed by atoms with van der Waals surface area (Å²) >= 11 is 0. The van der Waals surface area contributed by atoms with E-state index >= 15 is 0 Å². The Morgan fingerprint density at radius 3 is 2.94 bits per heavy atom. The van der Waals surface area contributed by atoms with Crippen molar-refractivity contribution in [1.29, 1.82) is 0 Å². The maximum Gasteiger partial charge on any atom is 0.306 e. The van der Waals surface area contributed by atoms with Crippen molar-refractivity contribution >= 4 is 11.7 Å². The molecule has 3 aromatic rings. The second-order valence-electron chi connectivity index (χ2n) is 9.24. The molecular weight excluding hydrogens is 458 g/mol. The molecule has 8 nitrogen and oxygen atoms in total. The third-order valence-electron chi connectivity index (χ3n) is 6.68. The minimum absolute atomic E-state index is 0.107. The van der Waals surface area contributed by atoms with Gasteiger partial charge in [-0.15, -0.1) is 0 Å². The van der Waals surface area contributed by atoms with Gasteiger partial charge in [-0.2, -0.15) is 5.10 Å². The average Bonchev–Trinajstić information content (AvgIpc) is 3.49. The van der Waals surface area contributed by atoms with Gasteiger partial charge in [-0.3, -0.25) is 4.79 Å². The van der Waals surface area contributed by atoms with E-state index in [2.05, 4.69) is 28.6 Å². The van der Waals surface area contributed by atoms with Crippen LogP contribution in [-0.4, -0.2) is 42.3 Å². The minimum Gasteiger partial charge on any atom is -0.477 e. The van der Waals surface area contributed by atoms with Gasteiger partial charge in [0.25, 0.3) is 0 Å². The predicted octanol–water partition coefficient (Wildman–Crippen LogP) is 4.41. The van der Waals surface area contributed by atoms with E-state index < -0.39 is 0 Å². The van der Waals surface area contributed by atoms with E-state index in [1.807, 2.05) is 38.2 Å². The number of aryl methyl sites for hydroxylation is 2. The molecule has 5 rings (SSSR count). The summed E-state index contributed by atoms with van der Waals surface area (Å²) in [4.78, 5) is 12.4. The van der Waals surface area contributed by atoms with Gasteiger partial charge in [0.15, 0.2) is 11.5 Å². The van der Waals surface area contributed by atoms with E-state index in [9.17, 15) is 4.79 Å². The Morgan fingerprint density at radius 1 is 1.17 bits per heavy atom. The molecule has 0 saturated carbocycles. The normalized spacial score (nSPS) is 14.6. The second kappa shape index (κ2) is 10.9.